The average Bonchev–Trinajstić information content (AvgIpc) is 2.39. The van der Waals surface area contributed by atoms with Crippen molar-refractivity contribution in [2.45, 2.75) is 49.6 Å². The zero-order chi connectivity index (χ0) is 14.6. The van der Waals surface area contributed by atoms with Crippen molar-refractivity contribution >= 4 is 11.8 Å². The highest BCUT2D eigenvalue weighted by Crippen LogP contribution is 2.31. The predicted molar refractivity (Wildman–Crippen MR) is 88.3 cm³/mol. The minimum Gasteiger partial charge on any atom is -0.308 e. The molecule has 0 aliphatic rings. The van der Waals surface area contributed by atoms with E-state index in [2.05, 4.69) is 81.5 Å². The Morgan fingerprint density at radius 1 is 1.00 bits per heavy atom. The summed E-state index contributed by atoms with van der Waals surface area (Å²) in [5.74, 6) is 0. The van der Waals surface area contributed by atoms with Gasteiger partial charge in [-0.25, -0.2) is 0 Å². The summed E-state index contributed by atoms with van der Waals surface area (Å²) in [6, 6.07) is 17.2. The first-order valence-corrected chi connectivity index (χ1v) is 7.83. The third kappa shape index (κ3) is 4.69. The van der Waals surface area contributed by atoms with E-state index in [1.807, 2.05) is 11.8 Å². The maximum atomic E-state index is 3.58. The minimum atomic E-state index is 0.137. The van der Waals surface area contributed by atoms with Crippen LogP contribution in [-0.2, 0) is 6.54 Å². The van der Waals surface area contributed by atoms with E-state index in [0.29, 0.717) is 0 Å². The van der Waals surface area contributed by atoms with Crippen LogP contribution in [0.4, 0.5) is 0 Å². The lowest BCUT2D eigenvalue weighted by atomic mass is 10.1. The highest BCUT2D eigenvalue weighted by molar-refractivity contribution is 7.99. The van der Waals surface area contributed by atoms with Crippen LogP contribution in [0.25, 0.3) is 0 Å². The molecule has 0 fully saturated rings. The van der Waals surface area contributed by atoms with Gasteiger partial charge in [-0.15, -0.1) is 0 Å². The fourth-order valence-corrected chi connectivity index (χ4v) is 2.87. The van der Waals surface area contributed by atoms with E-state index >= 15 is 0 Å². The Morgan fingerprint density at radius 2 is 1.70 bits per heavy atom. The summed E-state index contributed by atoms with van der Waals surface area (Å²) in [6.07, 6.45) is 0. The number of nitrogens with one attached hydrogen (secondary N) is 1. The van der Waals surface area contributed by atoms with E-state index < -0.39 is 0 Å². The molecule has 0 heterocycles. The summed E-state index contributed by atoms with van der Waals surface area (Å²) >= 11 is 1.83. The predicted octanol–water partition coefficient (Wildman–Crippen LogP) is 5.03. The maximum absolute atomic E-state index is 3.58. The lowest BCUT2D eigenvalue weighted by Gasteiger charge is -2.22. The number of benzene rings is 2. The Kier molecular flexibility index (Phi) is 4.90. The van der Waals surface area contributed by atoms with Crippen LogP contribution in [0.2, 0.25) is 0 Å². The standard InChI is InChI=1S/C18H23NS/c1-14-10-11-17(20-16-8-6-5-7-9-16)15(12-14)13-19-18(2,3)4/h5-12,19H,13H2,1-4H3. The third-order valence-electron chi connectivity index (χ3n) is 3.00. The molecule has 0 bridgehead atoms. The molecule has 0 atom stereocenters. The summed E-state index contributed by atoms with van der Waals surface area (Å²) in [5, 5.41) is 3.58. The van der Waals surface area contributed by atoms with Crippen LogP contribution in [0.5, 0.6) is 0 Å². The van der Waals surface area contributed by atoms with Crippen molar-refractivity contribution in [2.75, 3.05) is 0 Å². The van der Waals surface area contributed by atoms with Crippen molar-refractivity contribution in [3.05, 3.63) is 59.7 Å². The molecular formula is C18H23NS. The molecule has 106 valence electrons. The van der Waals surface area contributed by atoms with Crippen LogP contribution in [0, 0.1) is 6.92 Å². The molecule has 0 spiro atoms. The Labute approximate surface area is 126 Å². The van der Waals surface area contributed by atoms with E-state index in [1.54, 1.807) is 0 Å². The van der Waals surface area contributed by atoms with Crippen LogP contribution in [-0.4, -0.2) is 5.54 Å². The largest absolute Gasteiger partial charge is 0.308 e. The van der Waals surface area contributed by atoms with Gasteiger partial charge in [-0.2, -0.15) is 0 Å². The first-order valence-electron chi connectivity index (χ1n) is 7.01. The van der Waals surface area contributed by atoms with Crippen molar-refractivity contribution in [1.29, 1.82) is 0 Å². The molecule has 0 saturated heterocycles. The molecule has 0 aromatic heterocycles. The van der Waals surface area contributed by atoms with Gasteiger partial charge in [0.15, 0.2) is 0 Å². The molecule has 0 aliphatic carbocycles. The Bertz CT molecular complexity index is 555. The van der Waals surface area contributed by atoms with Crippen LogP contribution < -0.4 is 5.32 Å². The number of hydrogen-bond acceptors (Lipinski definition) is 2. The zero-order valence-corrected chi connectivity index (χ0v) is 13.6. The molecule has 20 heavy (non-hydrogen) atoms. The van der Waals surface area contributed by atoms with Gasteiger partial charge in [-0.05, 0) is 51.5 Å². The van der Waals surface area contributed by atoms with Gasteiger partial charge in [0.25, 0.3) is 0 Å². The first-order chi connectivity index (χ1) is 9.44. The van der Waals surface area contributed by atoms with E-state index in [4.69, 9.17) is 0 Å². The molecule has 0 saturated carbocycles. The van der Waals surface area contributed by atoms with E-state index in [-0.39, 0.29) is 5.54 Å². The molecule has 2 heteroatoms. The Morgan fingerprint density at radius 3 is 2.35 bits per heavy atom. The monoisotopic (exact) mass is 285 g/mol. The molecule has 0 unspecified atom stereocenters. The van der Waals surface area contributed by atoms with Gasteiger partial charge in [0.05, 0.1) is 0 Å². The van der Waals surface area contributed by atoms with Crippen molar-refractivity contribution in [3.63, 3.8) is 0 Å². The van der Waals surface area contributed by atoms with Gasteiger partial charge in [0.2, 0.25) is 0 Å². The molecule has 1 nitrogen and oxygen atoms in total. The highest BCUT2D eigenvalue weighted by Gasteiger charge is 2.11. The van der Waals surface area contributed by atoms with E-state index in [0.717, 1.165) is 6.54 Å². The van der Waals surface area contributed by atoms with Gasteiger partial charge in [0, 0.05) is 21.9 Å². The van der Waals surface area contributed by atoms with Crippen molar-refractivity contribution < 1.29 is 0 Å². The second kappa shape index (κ2) is 6.47. The summed E-state index contributed by atoms with van der Waals surface area (Å²) in [4.78, 5) is 2.62. The maximum Gasteiger partial charge on any atom is 0.0221 e. The summed E-state index contributed by atoms with van der Waals surface area (Å²) in [5.41, 5.74) is 2.82. The Balaban J connectivity index is 2.19. The van der Waals surface area contributed by atoms with Gasteiger partial charge in [-0.3, -0.25) is 0 Å². The normalized spacial score (nSPS) is 11.6. The SMILES string of the molecule is Cc1ccc(Sc2ccccc2)c(CNC(C)(C)C)c1. The summed E-state index contributed by atoms with van der Waals surface area (Å²) in [6.45, 7) is 9.66. The lowest BCUT2D eigenvalue weighted by Crippen LogP contribution is -2.35. The summed E-state index contributed by atoms with van der Waals surface area (Å²) in [7, 11) is 0. The lowest BCUT2D eigenvalue weighted by molar-refractivity contribution is 0.422. The molecule has 2 rings (SSSR count). The van der Waals surface area contributed by atoms with Gasteiger partial charge in [0.1, 0.15) is 0 Å². The smallest absolute Gasteiger partial charge is 0.0221 e. The molecule has 1 N–H and O–H groups in total. The zero-order valence-electron chi connectivity index (χ0n) is 12.7. The number of hydrogen-bond donors (Lipinski definition) is 1. The van der Waals surface area contributed by atoms with Gasteiger partial charge >= 0.3 is 0 Å². The van der Waals surface area contributed by atoms with Crippen molar-refractivity contribution in [1.82, 2.24) is 5.32 Å². The van der Waals surface area contributed by atoms with E-state index in [1.165, 1.54) is 20.9 Å². The Hall–Kier alpha value is -1.25. The fourth-order valence-electron chi connectivity index (χ4n) is 1.92. The molecule has 2 aromatic carbocycles. The number of aryl methyl sites for hydroxylation is 1. The second-order valence-corrected chi connectivity index (χ2v) is 7.25. The molecular weight excluding hydrogens is 262 g/mol. The molecule has 0 amide bonds. The van der Waals surface area contributed by atoms with Crippen LogP contribution >= 0.6 is 11.8 Å². The highest BCUT2D eigenvalue weighted by atomic mass is 32.2. The van der Waals surface area contributed by atoms with Gasteiger partial charge in [-0.1, -0.05) is 47.7 Å². The minimum absolute atomic E-state index is 0.137. The van der Waals surface area contributed by atoms with E-state index in [9.17, 15) is 0 Å². The van der Waals surface area contributed by atoms with Crippen LogP contribution in [0.1, 0.15) is 31.9 Å². The topological polar surface area (TPSA) is 12.0 Å². The molecule has 0 radical (unpaired) electrons. The first kappa shape index (κ1) is 15.1. The van der Waals surface area contributed by atoms with Crippen LogP contribution in [0.15, 0.2) is 58.3 Å². The van der Waals surface area contributed by atoms with Crippen LogP contribution in [0.3, 0.4) is 0 Å². The summed E-state index contributed by atoms with van der Waals surface area (Å²) < 4.78 is 0. The molecule has 0 aliphatic heterocycles. The quantitative estimate of drug-likeness (QED) is 0.845. The third-order valence-corrected chi connectivity index (χ3v) is 4.12. The average molecular weight is 285 g/mol. The van der Waals surface area contributed by atoms with Gasteiger partial charge < -0.3 is 5.32 Å². The van der Waals surface area contributed by atoms with Crippen molar-refractivity contribution in [3.8, 4) is 0 Å². The molecule has 2 aromatic rings. The number of rotatable bonds is 4. The fraction of sp³-hybridized carbons (Fsp3) is 0.333. The second-order valence-electron chi connectivity index (χ2n) is 6.13. The van der Waals surface area contributed by atoms with Crippen molar-refractivity contribution in [2.24, 2.45) is 0 Å².